The summed E-state index contributed by atoms with van der Waals surface area (Å²) in [6.45, 7) is 1.27. The van der Waals surface area contributed by atoms with Crippen LogP contribution in [0.1, 0.15) is 24.7 Å². The fourth-order valence-corrected chi connectivity index (χ4v) is 4.59. The van der Waals surface area contributed by atoms with E-state index in [-0.39, 0.29) is 11.9 Å². The number of hydrogen-bond donors (Lipinski definition) is 1. The van der Waals surface area contributed by atoms with Crippen LogP contribution in [-0.4, -0.2) is 43.7 Å². The molecule has 6 rings (SSSR count). The van der Waals surface area contributed by atoms with Crippen LogP contribution in [0.15, 0.2) is 71.4 Å². The molecule has 0 atom stereocenters. The largest absolute Gasteiger partial charge is 0.351 e. The third-order valence-electron chi connectivity index (χ3n) is 6.54. The zero-order valence-electron chi connectivity index (χ0n) is 18.8. The first-order valence-corrected chi connectivity index (χ1v) is 11.4. The number of likely N-dealkylation sites (tertiary alicyclic amines) is 1. The molecule has 4 heterocycles. The Morgan fingerprint density at radius 2 is 1.85 bits per heavy atom. The molecule has 1 aliphatic rings. The number of amides is 2. The first-order chi connectivity index (χ1) is 16.6. The van der Waals surface area contributed by atoms with Gasteiger partial charge >= 0.3 is 6.03 Å². The third-order valence-corrected chi connectivity index (χ3v) is 6.54. The molecule has 8 nitrogen and oxygen atoms in total. The lowest BCUT2D eigenvalue weighted by atomic mass is 9.97. The standard InChI is InChI=1S/C26H24N6O2/c1-31-13-10-19-16-20(7-9-23(19)31)27-26(33)32-14-11-18(12-15-32)25-29-24(30-34-25)22-8-6-17-4-2-3-5-21(17)28-22/h2-10,13,16,18H,11-12,14-15H2,1H3,(H,27,33). The summed E-state index contributed by atoms with van der Waals surface area (Å²) in [5, 5.41) is 9.36. The number of piperidine rings is 1. The molecule has 2 aromatic carbocycles. The van der Waals surface area contributed by atoms with Crippen molar-refractivity contribution in [2.45, 2.75) is 18.8 Å². The maximum absolute atomic E-state index is 12.8. The first kappa shape index (κ1) is 20.4. The molecule has 3 aromatic heterocycles. The molecule has 8 heteroatoms. The Morgan fingerprint density at radius 3 is 2.74 bits per heavy atom. The summed E-state index contributed by atoms with van der Waals surface area (Å²) in [5.41, 5.74) is 3.53. The topological polar surface area (TPSA) is 89.1 Å². The molecule has 1 saturated heterocycles. The highest BCUT2D eigenvalue weighted by molar-refractivity contribution is 5.93. The number of pyridine rings is 1. The summed E-state index contributed by atoms with van der Waals surface area (Å²) in [7, 11) is 2.01. The van der Waals surface area contributed by atoms with Gasteiger partial charge in [-0.05, 0) is 49.2 Å². The van der Waals surface area contributed by atoms with Gasteiger partial charge in [0.15, 0.2) is 0 Å². The summed E-state index contributed by atoms with van der Waals surface area (Å²) in [6, 6.07) is 19.8. The number of rotatable bonds is 3. The zero-order chi connectivity index (χ0) is 23.1. The van der Waals surface area contributed by atoms with E-state index in [1.807, 2.05) is 78.8 Å². The van der Waals surface area contributed by atoms with Gasteiger partial charge < -0.3 is 19.3 Å². The van der Waals surface area contributed by atoms with E-state index in [9.17, 15) is 4.79 Å². The normalized spacial score (nSPS) is 14.7. The Labute approximate surface area is 196 Å². The SMILES string of the molecule is Cn1ccc2cc(NC(=O)N3CCC(c4nc(-c5ccc6ccccc6n5)no4)CC3)ccc21. The highest BCUT2D eigenvalue weighted by atomic mass is 16.5. The van der Waals surface area contributed by atoms with Crippen molar-refractivity contribution in [1.29, 1.82) is 0 Å². The number of nitrogens with one attached hydrogen (secondary N) is 1. The van der Waals surface area contributed by atoms with E-state index < -0.39 is 0 Å². The van der Waals surface area contributed by atoms with E-state index in [1.165, 1.54) is 0 Å². The number of aromatic nitrogens is 4. The van der Waals surface area contributed by atoms with Gasteiger partial charge in [-0.15, -0.1) is 0 Å². The molecule has 0 bridgehead atoms. The average Bonchev–Trinajstić information content (AvgIpc) is 3.51. The molecule has 0 aliphatic carbocycles. The predicted molar refractivity (Wildman–Crippen MR) is 131 cm³/mol. The van der Waals surface area contributed by atoms with Crippen molar-refractivity contribution in [3.05, 3.63) is 72.8 Å². The van der Waals surface area contributed by atoms with Gasteiger partial charge in [-0.25, -0.2) is 9.78 Å². The fourth-order valence-electron chi connectivity index (χ4n) is 4.59. The maximum atomic E-state index is 12.8. The predicted octanol–water partition coefficient (Wildman–Crippen LogP) is 5.19. The molecule has 1 aliphatic heterocycles. The number of hydrogen-bond acceptors (Lipinski definition) is 5. The van der Waals surface area contributed by atoms with E-state index in [2.05, 4.69) is 25.0 Å². The molecule has 5 aromatic rings. The van der Waals surface area contributed by atoms with Crippen LogP contribution in [-0.2, 0) is 7.05 Å². The summed E-state index contributed by atoms with van der Waals surface area (Å²) < 4.78 is 7.64. The molecule has 1 fully saturated rings. The molecular weight excluding hydrogens is 428 g/mol. The summed E-state index contributed by atoms with van der Waals surface area (Å²) in [4.78, 5) is 23.9. The van der Waals surface area contributed by atoms with Crippen LogP contribution in [0, 0.1) is 0 Å². The minimum atomic E-state index is -0.0830. The smallest absolute Gasteiger partial charge is 0.321 e. The molecule has 34 heavy (non-hydrogen) atoms. The highest BCUT2D eigenvalue weighted by Gasteiger charge is 2.28. The van der Waals surface area contributed by atoms with Crippen molar-refractivity contribution in [2.24, 2.45) is 7.05 Å². The van der Waals surface area contributed by atoms with Crippen LogP contribution >= 0.6 is 0 Å². The van der Waals surface area contributed by atoms with Crippen molar-refractivity contribution in [3.8, 4) is 11.5 Å². The van der Waals surface area contributed by atoms with E-state index in [0.717, 1.165) is 40.3 Å². The number of urea groups is 1. The van der Waals surface area contributed by atoms with Crippen LogP contribution in [0.4, 0.5) is 10.5 Å². The lowest BCUT2D eigenvalue weighted by Crippen LogP contribution is -2.40. The van der Waals surface area contributed by atoms with Gasteiger partial charge in [0, 0.05) is 54.2 Å². The summed E-state index contributed by atoms with van der Waals surface area (Å²) in [5.74, 6) is 1.24. The third kappa shape index (κ3) is 3.77. The summed E-state index contributed by atoms with van der Waals surface area (Å²) in [6.07, 6.45) is 3.57. The van der Waals surface area contributed by atoms with Crippen LogP contribution in [0.25, 0.3) is 33.3 Å². The monoisotopic (exact) mass is 452 g/mol. The number of fused-ring (bicyclic) bond motifs is 2. The van der Waals surface area contributed by atoms with Gasteiger partial charge in [0.1, 0.15) is 5.69 Å². The lowest BCUT2D eigenvalue weighted by molar-refractivity contribution is 0.187. The second-order valence-electron chi connectivity index (χ2n) is 8.74. The van der Waals surface area contributed by atoms with Crippen molar-refractivity contribution >= 4 is 33.5 Å². The zero-order valence-corrected chi connectivity index (χ0v) is 18.8. The Morgan fingerprint density at radius 1 is 1.00 bits per heavy atom. The van der Waals surface area contributed by atoms with Gasteiger partial charge in [-0.2, -0.15) is 4.98 Å². The van der Waals surface area contributed by atoms with Crippen molar-refractivity contribution in [1.82, 2.24) is 24.6 Å². The van der Waals surface area contributed by atoms with Crippen LogP contribution in [0.5, 0.6) is 0 Å². The maximum Gasteiger partial charge on any atom is 0.321 e. The average molecular weight is 453 g/mol. The molecule has 0 spiro atoms. The number of nitrogens with zero attached hydrogens (tertiary/aromatic N) is 5. The second-order valence-corrected chi connectivity index (χ2v) is 8.74. The van der Waals surface area contributed by atoms with Gasteiger partial charge in [0.05, 0.1) is 5.52 Å². The Hall–Kier alpha value is -4.20. The molecule has 1 N–H and O–H groups in total. The minimum absolute atomic E-state index is 0.0830. The first-order valence-electron chi connectivity index (χ1n) is 11.4. The Bertz CT molecular complexity index is 1500. The van der Waals surface area contributed by atoms with Crippen molar-refractivity contribution in [2.75, 3.05) is 18.4 Å². The quantitative estimate of drug-likeness (QED) is 0.407. The van der Waals surface area contributed by atoms with E-state index >= 15 is 0 Å². The summed E-state index contributed by atoms with van der Waals surface area (Å²) >= 11 is 0. The van der Waals surface area contributed by atoms with E-state index in [4.69, 9.17) is 4.52 Å². The Kier molecular flexibility index (Phi) is 4.98. The van der Waals surface area contributed by atoms with Gasteiger partial charge in [-0.3, -0.25) is 0 Å². The molecular formula is C26H24N6O2. The lowest BCUT2D eigenvalue weighted by Gasteiger charge is -2.30. The Balaban J connectivity index is 1.10. The van der Waals surface area contributed by atoms with Gasteiger partial charge in [-0.1, -0.05) is 29.4 Å². The van der Waals surface area contributed by atoms with Crippen LogP contribution in [0.2, 0.25) is 0 Å². The molecule has 0 radical (unpaired) electrons. The van der Waals surface area contributed by atoms with E-state index in [0.29, 0.717) is 30.5 Å². The van der Waals surface area contributed by atoms with Crippen LogP contribution < -0.4 is 5.32 Å². The number of carbonyl (C=O) groups excluding carboxylic acids is 1. The molecule has 0 saturated carbocycles. The van der Waals surface area contributed by atoms with Gasteiger partial charge in [0.25, 0.3) is 0 Å². The van der Waals surface area contributed by atoms with Crippen molar-refractivity contribution in [3.63, 3.8) is 0 Å². The second kappa shape index (κ2) is 8.30. The van der Waals surface area contributed by atoms with Gasteiger partial charge in [0.2, 0.25) is 11.7 Å². The number of aryl methyl sites for hydroxylation is 1. The number of carbonyl (C=O) groups is 1. The molecule has 170 valence electrons. The number of para-hydroxylation sites is 1. The molecule has 0 unspecified atom stereocenters. The molecule has 2 amide bonds. The number of benzene rings is 2. The fraction of sp³-hybridized carbons (Fsp3) is 0.231. The highest BCUT2D eigenvalue weighted by Crippen LogP contribution is 2.29. The van der Waals surface area contributed by atoms with Crippen molar-refractivity contribution < 1.29 is 9.32 Å². The number of anilines is 1. The van der Waals surface area contributed by atoms with E-state index in [1.54, 1.807) is 0 Å². The van der Waals surface area contributed by atoms with Crippen LogP contribution in [0.3, 0.4) is 0 Å². The minimum Gasteiger partial charge on any atom is -0.351 e.